The molecule has 2 saturated heterocycles. The van der Waals surface area contributed by atoms with Crippen LogP contribution in [0.15, 0.2) is 30.3 Å². The predicted molar refractivity (Wildman–Crippen MR) is 95.7 cm³/mol. The average Bonchev–Trinajstić information content (AvgIpc) is 2.63. The highest BCUT2D eigenvalue weighted by atomic mass is 16.5. The molecule has 2 aliphatic heterocycles. The van der Waals surface area contributed by atoms with Crippen LogP contribution < -0.4 is 5.32 Å². The minimum Gasteiger partial charge on any atom is -0.381 e. The van der Waals surface area contributed by atoms with Crippen molar-refractivity contribution in [3.63, 3.8) is 0 Å². The van der Waals surface area contributed by atoms with E-state index in [0.717, 1.165) is 65.0 Å². The number of nitrogens with zero attached hydrogens (tertiary/aromatic N) is 1. The Bertz CT molecular complexity index is 492. The standard InChI is InChI=1S/C20H30N2O2/c23-20(7-6-17-10-14-24-15-11-17)21-19-8-12-22(13-9-19)16-18-4-2-1-3-5-18/h1-5,17,19H,6-16H2,(H,21,23). The lowest BCUT2D eigenvalue weighted by Gasteiger charge is -2.32. The second kappa shape index (κ2) is 9.19. The quantitative estimate of drug-likeness (QED) is 0.872. The Labute approximate surface area is 145 Å². The molecule has 0 spiro atoms. The van der Waals surface area contributed by atoms with E-state index in [2.05, 4.69) is 40.5 Å². The third kappa shape index (κ3) is 5.60. The monoisotopic (exact) mass is 330 g/mol. The van der Waals surface area contributed by atoms with Crippen molar-refractivity contribution in [2.24, 2.45) is 5.92 Å². The van der Waals surface area contributed by atoms with Crippen LogP contribution in [0.5, 0.6) is 0 Å². The number of carbonyl (C=O) groups excluding carboxylic acids is 1. The second-order valence-corrected chi connectivity index (χ2v) is 7.20. The van der Waals surface area contributed by atoms with Gasteiger partial charge in [-0.1, -0.05) is 30.3 Å². The summed E-state index contributed by atoms with van der Waals surface area (Å²) in [5.41, 5.74) is 1.37. The number of benzene rings is 1. The number of hydrogen-bond donors (Lipinski definition) is 1. The molecule has 0 unspecified atom stereocenters. The third-order valence-electron chi connectivity index (χ3n) is 5.32. The molecule has 0 saturated carbocycles. The van der Waals surface area contributed by atoms with E-state index in [0.29, 0.717) is 18.4 Å². The van der Waals surface area contributed by atoms with Crippen LogP contribution in [0.3, 0.4) is 0 Å². The second-order valence-electron chi connectivity index (χ2n) is 7.20. The molecule has 24 heavy (non-hydrogen) atoms. The maximum absolute atomic E-state index is 12.2. The lowest BCUT2D eigenvalue weighted by atomic mass is 9.94. The fraction of sp³-hybridized carbons (Fsp3) is 0.650. The maximum atomic E-state index is 12.2. The number of ether oxygens (including phenoxy) is 1. The van der Waals surface area contributed by atoms with Gasteiger partial charge in [-0.2, -0.15) is 0 Å². The Morgan fingerprint density at radius 2 is 1.79 bits per heavy atom. The summed E-state index contributed by atoms with van der Waals surface area (Å²) in [6.07, 6.45) is 6.05. The molecule has 2 fully saturated rings. The van der Waals surface area contributed by atoms with Crippen LogP contribution in [0.2, 0.25) is 0 Å². The van der Waals surface area contributed by atoms with Gasteiger partial charge in [0.1, 0.15) is 0 Å². The first kappa shape index (κ1) is 17.4. The van der Waals surface area contributed by atoms with Gasteiger partial charge in [-0.3, -0.25) is 9.69 Å². The van der Waals surface area contributed by atoms with Gasteiger partial charge < -0.3 is 10.1 Å². The fourth-order valence-electron chi connectivity index (χ4n) is 3.75. The van der Waals surface area contributed by atoms with Crippen LogP contribution in [-0.2, 0) is 16.1 Å². The molecule has 2 aliphatic rings. The minimum absolute atomic E-state index is 0.239. The molecule has 0 aromatic heterocycles. The van der Waals surface area contributed by atoms with Crippen molar-refractivity contribution in [2.45, 2.75) is 51.1 Å². The van der Waals surface area contributed by atoms with Gasteiger partial charge in [0.25, 0.3) is 0 Å². The van der Waals surface area contributed by atoms with E-state index in [4.69, 9.17) is 4.74 Å². The number of nitrogens with one attached hydrogen (secondary N) is 1. The molecule has 0 aliphatic carbocycles. The molecule has 1 amide bonds. The zero-order valence-corrected chi connectivity index (χ0v) is 14.6. The molecule has 4 nitrogen and oxygen atoms in total. The number of hydrogen-bond acceptors (Lipinski definition) is 3. The van der Waals surface area contributed by atoms with Gasteiger partial charge >= 0.3 is 0 Å². The Morgan fingerprint density at radius 3 is 2.50 bits per heavy atom. The molecule has 4 heteroatoms. The van der Waals surface area contributed by atoms with Crippen molar-refractivity contribution in [1.29, 1.82) is 0 Å². The Hall–Kier alpha value is -1.39. The maximum Gasteiger partial charge on any atom is 0.220 e. The average molecular weight is 330 g/mol. The van der Waals surface area contributed by atoms with E-state index >= 15 is 0 Å². The summed E-state index contributed by atoms with van der Waals surface area (Å²) in [5, 5.41) is 3.25. The first-order valence-corrected chi connectivity index (χ1v) is 9.43. The van der Waals surface area contributed by atoms with E-state index in [-0.39, 0.29) is 5.91 Å². The minimum atomic E-state index is 0.239. The molecule has 1 N–H and O–H groups in total. The molecule has 1 aromatic rings. The summed E-state index contributed by atoms with van der Waals surface area (Å²) in [4.78, 5) is 14.7. The summed E-state index contributed by atoms with van der Waals surface area (Å²) < 4.78 is 5.38. The zero-order valence-electron chi connectivity index (χ0n) is 14.6. The SMILES string of the molecule is O=C(CCC1CCOCC1)NC1CCN(Cc2ccccc2)CC1. The van der Waals surface area contributed by atoms with Gasteiger partial charge in [0.15, 0.2) is 0 Å². The molecule has 3 rings (SSSR count). The fourth-order valence-corrected chi connectivity index (χ4v) is 3.75. The van der Waals surface area contributed by atoms with E-state index in [1.165, 1.54) is 5.56 Å². The van der Waals surface area contributed by atoms with Crippen LogP contribution in [0.4, 0.5) is 0 Å². The van der Waals surface area contributed by atoms with Gasteiger partial charge in [0.2, 0.25) is 5.91 Å². The molecule has 0 bridgehead atoms. The van der Waals surface area contributed by atoms with E-state index in [9.17, 15) is 4.79 Å². The van der Waals surface area contributed by atoms with Crippen molar-refractivity contribution >= 4 is 5.91 Å². The first-order valence-electron chi connectivity index (χ1n) is 9.43. The largest absolute Gasteiger partial charge is 0.381 e. The number of piperidine rings is 1. The smallest absolute Gasteiger partial charge is 0.220 e. The highest BCUT2D eigenvalue weighted by Crippen LogP contribution is 2.20. The van der Waals surface area contributed by atoms with E-state index < -0.39 is 0 Å². The Balaban J connectivity index is 1.32. The van der Waals surface area contributed by atoms with Crippen molar-refractivity contribution in [2.75, 3.05) is 26.3 Å². The van der Waals surface area contributed by atoms with Crippen LogP contribution in [-0.4, -0.2) is 43.2 Å². The van der Waals surface area contributed by atoms with E-state index in [1.54, 1.807) is 0 Å². The van der Waals surface area contributed by atoms with Crippen molar-refractivity contribution in [3.8, 4) is 0 Å². The Morgan fingerprint density at radius 1 is 1.08 bits per heavy atom. The predicted octanol–water partition coefficient (Wildman–Crippen LogP) is 2.97. The summed E-state index contributed by atoms with van der Waals surface area (Å²) in [7, 11) is 0. The Kier molecular flexibility index (Phi) is 6.67. The number of amides is 1. The van der Waals surface area contributed by atoms with Crippen molar-refractivity contribution in [3.05, 3.63) is 35.9 Å². The van der Waals surface area contributed by atoms with Crippen LogP contribution >= 0.6 is 0 Å². The summed E-state index contributed by atoms with van der Waals surface area (Å²) in [5.74, 6) is 0.917. The van der Waals surface area contributed by atoms with E-state index in [1.807, 2.05) is 0 Å². The molecular formula is C20H30N2O2. The number of carbonyl (C=O) groups is 1. The third-order valence-corrected chi connectivity index (χ3v) is 5.32. The summed E-state index contributed by atoms with van der Waals surface area (Å²) >= 11 is 0. The summed E-state index contributed by atoms with van der Waals surface area (Å²) in [6.45, 7) is 4.89. The van der Waals surface area contributed by atoms with Gasteiger partial charge in [-0.25, -0.2) is 0 Å². The highest BCUT2D eigenvalue weighted by Gasteiger charge is 2.21. The normalized spacial score (nSPS) is 20.8. The molecule has 0 atom stereocenters. The molecule has 0 radical (unpaired) electrons. The van der Waals surface area contributed by atoms with Crippen LogP contribution in [0.25, 0.3) is 0 Å². The van der Waals surface area contributed by atoms with Crippen LogP contribution in [0, 0.1) is 5.92 Å². The molecule has 2 heterocycles. The molecule has 132 valence electrons. The van der Waals surface area contributed by atoms with Crippen LogP contribution in [0.1, 0.15) is 44.1 Å². The lowest BCUT2D eigenvalue weighted by Crippen LogP contribution is -2.44. The molecular weight excluding hydrogens is 300 g/mol. The zero-order chi connectivity index (χ0) is 16.6. The van der Waals surface area contributed by atoms with Crippen molar-refractivity contribution in [1.82, 2.24) is 10.2 Å². The van der Waals surface area contributed by atoms with Gasteiger partial charge in [-0.05, 0) is 43.6 Å². The van der Waals surface area contributed by atoms with Gasteiger partial charge in [-0.15, -0.1) is 0 Å². The number of likely N-dealkylation sites (tertiary alicyclic amines) is 1. The van der Waals surface area contributed by atoms with Crippen molar-refractivity contribution < 1.29 is 9.53 Å². The molecule has 1 aromatic carbocycles. The lowest BCUT2D eigenvalue weighted by molar-refractivity contribution is -0.122. The van der Waals surface area contributed by atoms with Gasteiger partial charge in [0, 0.05) is 45.3 Å². The topological polar surface area (TPSA) is 41.6 Å². The number of rotatable bonds is 6. The first-order chi connectivity index (χ1) is 11.8. The summed E-state index contributed by atoms with van der Waals surface area (Å²) in [6, 6.07) is 11.0. The highest BCUT2D eigenvalue weighted by molar-refractivity contribution is 5.76. The van der Waals surface area contributed by atoms with Gasteiger partial charge in [0.05, 0.1) is 0 Å².